The Morgan fingerprint density at radius 1 is 1.14 bits per heavy atom. The number of benzene rings is 2. The van der Waals surface area contributed by atoms with Crippen LogP contribution in [-0.4, -0.2) is 36.2 Å². The molecule has 2 aromatic carbocycles. The minimum absolute atomic E-state index is 0.00277. The molecule has 0 aliphatic rings. The third-order valence-electron chi connectivity index (χ3n) is 5.90. The number of rotatable bonds is 7. The zero-order chi connectivity index (χ0) is 26.2. The van der Waals surface area contributed by atoms with Gasteiger partial charge in [-0.15, -0.1) is 0 Å². The number of nitrogens with zero attached hydrogens (tertiary/aromatic N) is 1. The minimum Gasteiger partial charge on any atom is -0.453 e. The number of carbonyl (C=O) groups excluding carboxylic acids is 1. The molecule has 0 saturated heterocycles. The lowest BCUT2D eigenvalue weighted by atomic mass is 10.0. The van der Waals surface area contributed by atoms with Crippen LogP contribution in [0.2, 0.25) is 0 Å². The van der Waals surface area contributed by atoms with Crippen LogP contribution in [0.3, 0.4) is 0 Å². The van der Waals surface area contributed by atoms with Crippen LogP contribution < -0.4 is 15.6 Å². The van der Waals surface area contributed by atoms with Crippen LogP contribution >= 0.6 is 0 Å². The van der Waals surface area contributed by atoms with E-state index in [-0.39, 0.29) is 44.8 Å². The van der Waals surface area contributed by atoms with E-state index in [1.54, 1.807) is 39.2 Å². The predicted molar refractivity (Wildman–Crippen MR) is 136 cm³/mol. The van der Waals surface area contributed by atoms with Crippen LogP contribution in [0.5, 0.6) is 11.5 Å². The largest absolute Gasteiger partial charge is 0.453 e. The average Bonchev–Trinajstić information content (AvgIpc) is 3.30. The smallest absolute Gasteiger partial charge is 0.274 e. The van der Waals surface area contributed by atoms with E-state index >= 15 is 0 Å². The van der Waals surface area contributed by atoms with E-state index in [1.165, 1.54) is 41.8 Å². The number of H-pyrrole nitrogens is 1. The number of aromatic nitrogens is 2. The highest BCUT2D eigenvalue weighted by atomic mass is 32.2. The van der Waals surface area contributed by atoms with Crippen LogP contribution in [-0.2, 0) is 16.9 Å². The second-order valence-corrected chi connectivity index (χ2v) is 10.6. The maximum absolute atomic E-state index is 14.6. The van der Waals surface area contributed by atoms with Crippen molar-refractivity contribution < 1.29 is 22.3 Å². The van der Waals surface area contributed by atoms with Crippen molar-refractivity contribution in [3.8, 4) is 22.6 Å². The molecule has 2 aromatic heterocycles. The lowest BCUT2D eigenvalue weighted by molar-refractivity contribution is 0.0951. The van der Waals surface area contributed by atoms with Crippen molar-refractivity contribution in [3.05, 3.63) is 76.1 Å². The molecule has 2 N–H and O–H groups in total. The van der Waals surface area contributed by atoms with Gasteiger partial charge >= 0.3 is 0 Å². The first-order chi connectivity index (χ1) is 17.1. The number of sulfone groups is 1. The van der Waals surface area contributed by atoms with Gasteiger partial charge in [0.25, 0.3) is 11.5 Å². The summed E-state index contributed by atoms with van der Waals surface area (Å²) in [6.07, 6.45) is 1.54. The van der Waals surface area contributed by atoms with Crippen molar-refractivity contribution in [2.24, 2.45) is 7.05 Å². The van der Waals surface area contributed by atoms with Gasteiger partial charge in [-0.2, -0.15) is 0 Å². The van der Waals surface area contributed by atoms with Crippen molar-refractivity contribution >= 4 is 26.6 Å². The lowest BCUT2D eigenvalue weighted by Crippen LogP contribution is -2.23. The first-order valence-corrected chi connectivity index (χ1v) is 13.0. The molecule has 0 radical (unpaired) electrons. The van der Waals surface area contributed by atoms with Gasteiger partial charge in [0.05, 0.1) is 10.6 Å². The van der Waals surface area contributed by atoms with Crippen molar-refractivity contribution in [1.82, 2.24) is 14.9 Å². The van der Waals surface area contributed by atoms with E-state index in [9.17, 15) is 22.4 Å². The number of nitrogens with one attached hydrogen (secondary N) is 2. The molecule has 2 heterocycles. The molecule has 0 unspecified atom stereocenters. The fourth-order valence-corrected chi connectivity index (χ4v) is 4.86. The summed E-state index contributed by atoms with van der Waals surface area (Å²) in [5.74, 6) is -0.880. The summed E-state index contributed by atoms with van der Waals surface area (Å²) >= 11 is 0. The lowest BCUT2D eigenvalue weighted by Gasteiger charge is -2.16. The molecule has 0 atom stereocenters. The number of carbonyl (C=O) groups is 1. The molecular formula is C26H26FN3O5S. The van der Waals surface area contributed by atoms with Crippen molar-refractivity contribution in [2.45, 2.75) is 25.7 Å². The quantitative estimate of drug-likeness (QED) is 0.384. The Morgan fingerprint density at radius 2 is 1.89 bits per heavy atom. The summed E-state index contributed by atoms with van der Waals surface area (Å²) in [5.41, 5.74) is 1.31. The third-order valence-corrected chi connectivity index (χ3v) is 7.64. The number of pyridine rings is 1. The van der Waals surface area contributed by atoms with Crippen molar-refractivity contribution in [2.75, 3.05) is 12.3 Å². The molecule has 0 aliphatic heterocycles. The number of amides is 1. The second kappa shape index (κ2) is 9.62. The molecule has 10 heteroatoms. The Labute approximate surface area is 207 Å². The van der Waals surface area contributed by atoms with Crippen LogP contribution in [0.4, 0.5) is 4.39 Å². The predicted octanol–water partition coefficient (Wildman–Crippen LogP) is 4.32. The van der Waals surface area contributed by atoms with Crippen molar-refractivity contribution in [3.63, 3.8) is 0 Å². The standard InChI is InChI=1S/C26H26FN3O5S/c1-5-28-25(31)21-13-18-19(14-30(4)26(32)23(18)29-21)17-12-16(36(33,34)6-2)10-11-22(17)35-24-15(3)8-7-9-20(24)27/h7-14,29H,5-6H2,1-4H3,(H,28,31). The number of aryl methyl sites for hydroxylation is 2. The summed E-state index contributed by atoms with van der Waals surface area (Å²) in [6, 6.07) is 10.4. The monoisotopic (exact) mass is 511 g/mol. The molecule has 1 amide bonds. The summed E-state index contributed by atoms with van der Waals surface area (Å²) in [5, 5.41) is 3.09. The van der Waals surface area contributed by atoms with E-state index in [4.69, 9.17) is 4.74 Å². The highest BCUT2D eigenvalue weighted by Crippen LogP contribution is 2.39. The van der Waals surface area contributed by atoms with E-state index < -0.39 is 15.7 Å². The number of aromatic amines is 1. The van der Waals surface area contributed by atoms with E-state index in [0.29, 0.717) is 28.6 Å². The van der Waals surface area contributed by atoms with E-state index in [2.05, 4.69) is 10.3 Å². The number of fused-ring (bicyclic) bond motifs is 1. The van der Waals surface area contributed by atoms with E-state index in [1.807, 2.05) is 0 Å². The molecule has 4 aromatic rings. The van der Waals surface area contributed by atoms with Crippen molar-refractivity contribution in [1.29, 1.82) is 0 Å². The number of hydrogen-bond donors (Lipinski definition) is 2. The first kappa shape index (κ1) is 25.2. The number of para-hydroxylation sites is 1. The summed E-state index contributed by atoms with van der Waals surface area (Å²) in [4.78, 5) is 28.3. The summed E-state index contributed by atoms with van der Waals surface area (Å²) in [6.45, 7) is 5.41. The molecule has 188 valence electrons. The number of halogens is 1. The average molecular weight is 512 g/mol. The molecule has 4 rings (SSSR count). The maximum Gasteiger partial charge on any atom is 0.274 e. The summed E-state index contributed by atoms with van der Waals surface area (Å²) < 4.78 is 47.3. The molecule has 8 nitrogen and oxygen atoms in total. The minimum atomic E-state index is -3.59. The zero-order valence-electron chi connectivity index (χ0n) is 20.3. The Balaban J connectivity index is 2.03. The Morgan fingerprint density at radius 3 is 2.56 bits per heavy atom. The molecule has 0 spiro atoms. The highest BCUT2D eigenvalue weighted by Gasteiger charge is 2.22. The Bertz CT molecular complexity index is 1630. The Hall–Kier alpha value is -3.92. The van der Waals surface area contributed by atoms with Gasteiger partial charge in [0.1, 0.15) is 17.0 Å². The van der Waals surface area contributed by atoms with Gasteiger partial charge < -0.3 is 19.6 Å². The topological polar surface area (TPSA) is 110 Å². The van der Waals surface area contributed by atoms with Gasteiger partial charge in [0.15, 0.2) is 21.4 Å². The Kier molecular flexibility index (Phi) is 6.73. The normalized spacial score (nSPS) is 11.6. The first-order valence-electron chi connectivity index (χ1n) is 11.4. The van der Waals surface area contributed by atoms with Gasteiger partial charge in [0.2, 0.25) is 0 Å². The zero-order valence-corrected chi connectivity index (χ0v) is 21.1. The van der Waals surface area contributed by atoms with E-state index in [0.717, 1.165) is 0 Å². The summed E-state index contributed by atoms with van der Waals surface area (Å²) in [7, 11) is -2.04. The molecule has 36 heavy (non-hydrogen) atoms. The number of ether oxygens (including phenoxy) is 1. The molecule has 0 bridgehead atoms. The van der Waals surface area contributed by atoms with Crippen LogP contribution in [0.15, 0.2) is 58.4 Å². The van der Waals surface area contributed by atoms with Crippen LogP contribution in [0.25, 0.3) is 22.0 Å². The van der Waals surface area contributed by atoms with Gasteiger partial charge in [-0.25, -0.2) is 12.8 Å². The third kappa shape index (κ3) is 4.51. The van der Waals surface area contributed by atoms with Gasteiger partial charge in [-0.05, 0) is 49.7 Å². The van der Waals surface area contributed by atoms with Gasteiger partial charge in [-0.1, -0.05) is 19.1 Å². The van der Waals surface area contributed by atoms with Crippen LogP contribution in [0.1, 0.15) is 29.9 Å². The highest BCUT2D eigenvalue weighted by molar-refractivity contribution is 7.91. The molecule has 0 saturated carbocycles. The number of hydrogen-bond acceptors (Lipinski definition) is 5. The van der Waals surface area contributed by atoms with Gasteiger partial charge in [-0.3, -0.25) is 9.59 Å². The second-order valence-electron chi connectivity index (χ2n) is 8.34. The van der Waals surface area contributed by atoms with Crippen LogP contribution in [0, 0.1) is 12.7 Å². The fourth-order valence-electron chi connectivity index (χ4n) is 3.95. The SMILES string of the molecule is CCNC(=O)c1cc2c(-c3cc(S(=O)(=O)CC)ccc3Oc3c(C)cccc3F)cn(C)c(=O)c2[nH]1. The maximum atomic E-state index is 14.6. The molecular weight excluding hydrogens is 485 g/mol. The fraction of sp³-hybridized carbons (Fsp3) is 0.231. The molecule has 0 aliphatic carbocycles. The van der Waals surface area contributed by atoms with Gasteiger partial charge in [0, 0.05) is 36.3 Å². The molecule has 0 fully saturated rings.